The Morgan fingerprint density at radius 1 is 1.17 bits per heavy atom. The van der Waals surface area contributed by atoms with Crippen molar-refractivity contribution in [1.29, 1.82) is 0 Å². The summed E-state index contributed by atoms with van der Waals surface area (Å²) >= 11 is 4.94. The molecule has 1 N–H and O–H groups in total. The van der Waals surface area contributed by atoms with Crippen LogP contribution in [0.4, 0.5) is 5.13 Å². The summed E-state index contributed by atoms with van der Waals surface area (Å²) in [5.74, 6) is -0.118. The second-order valence-corrected chi connectivity index (χ2v) is 7.23. The molecular formula is C18H15BrN2OS. The summed E-state index contributed by atoms with van der Waals surface area (Å²) < 4.78 is 1.07. The standard InChI is InChI=1S/C18H15BrN2OS/c1-12-4-2-3-5-16(12)17(22)21-18-20-11-15(23-18)10-13-6-8-14(19)9-7-13/h2-9,11H,10H2,1H3,(H,20,21,22). The molecule has 0 bridgehead atoms. The lowest BCUT2D eigenvalue weighted by atomic mass is 10.1. The van der Waals surface area contributed by atoms with Gasteiger partial charge in [0.15, 0.2) is 5.13 Å². The molecule has 0 saturated carbocycles. The molecule has 23 heavy (non-hydrogen) atoms. The Labute approximate surface area is 147 Å². The number of benzene rings is 2. The molecule has 3 aromatic rings. The molecule has 0 saturated heterocycles. The molecular weight excluding hydrogens is 372 g/mol. The van der Waals surface area contributed by atoms with Crippen LogP contribution in [0.2, 0.25) is 0 Å². The fraction of sp³-hybridized carbons (Fsp3) is 0.111. The van der Waals surface area contributed by atoms with Crippen LogP contribution < -0.4 is 5.32 Å². The van der Waals surface area contributed by atoms with E-state index >= 15 is 0 Å². The van der Waals surface area contributed by atoms with Gasteiger partial charge >= 0.3 is 0 Å². The molecule has 0 fully saturated rings. The molecule has 2 aromatic carbocycles. The van der Waals surface area contributed by atoms with Gasteiger partial charge in [0.1, 0.15) is 0 Å². The number of anilines is 1. The minimum absolute atomic E-state index is 0.118. The number of halogens is 1. The van der Waals surface area contributed by atoms with Crippen molar-refractivity contribution in [2.24, 2.45) is 0 Å². The van der Waals surface area contributed by atoms with E-state index in [1.165, 1.54) is 16.9 Å². The van der Waals surface area contributed by atoms with Gasteiger partial charge < -0.3 is 0 Å². The van der Waals surface area contributed by atoms with E-state index in [1.54, 1.807) is 0 Å². The number of nitrogens with one attached hydrogen (secondary N) is 1. The van der Waals surface area contributed by atoms with Gasteiger partial charge in [-0.3, -0.25) is 10.1 Å². The average Bonchev–Trinajstić information content (AvgIpc) is 2.97. The summed E-state index contributed by atoms with van der Waals surface area (Å²) in [7, 11) is 0. The lowest BCUT2D eigenvalue weighted by Crippen LogP contribution is -2.12. The first-order valence-corrected chi connectivity index (χ1v) is 8.79. The molecule has 1 aromatic heterocycles. The molecule has 0 spiro atoms. The third-order valence-corrected chi connectivity index (χ3v) is 4.90. The summed E-state index contributed by atoms with van der Waals surface area (Å²) in [6.07, 6.45) is 2.63. The quantitative estimate of drug-likeness (QED) is 0.680. The fourth-order valence-electron chi connectivity index (χ4n) is 2.24. The minimum atomic E-state index is -0.118. The highest BCUT2D eigenvalue weighted by molar-refractivity contribution is 9.10. The average molecular weight is 387 g/mol. The third-order valence-electron chi connectivity index (χ3n) is 3.46. The van der Waals surface area contributed by atoms with Crippen molar-refractivity contribution in [3.8, 4) is 0 Å². The van der Waals surface area contributed by atoms with Crippen molar-refractivity contribution in [3.63, 3.8) is 0 Å². The van der Waals surface area contributed by atoms with Crippen molar-refractivity contribution < 1.29 is 4.79 Å². The number of rotatable bonds is 4. The second-order valence-electron chi connectivity index (χ2n) is 5.20. The maximum absolute atomic E-state index is 12.3. The van der Waals surface area contributed by atoms with E-state index in [0.717, 1.165) is 21.3 Å². The van der Waals surface area contributed by atoms with E-state index in [9.17, 15) is 4.79 Å². The van der Waals surface area contributed by atoms with Crippen molar-refractivity contribution >= 4 is 38.3 Å². The minimum Gasteiger partial charge on any atom is -0.298 e. The molecule has 0 atom stereocenters. The number of aryl methyl sites for hydroxylation is 1. The largest absolute Gasteiger partial charge is 0.298 e. The normalized spacial score (nSPS) is 10.5. The topological polar surface area (TPSA) is 42.0 Å². The SMILES string of the molecule is Cc1ccccc1C(=O)Nc1ncc(Cc2ccc(Br)cc2)s1. The number of carbonyl (C=O) groups excluding carboxylic acids is 1. The Bertz CT molecular complexity index is 827. The highest BCUT2D eigenvalue weighted by Gasteiger charge is 2.11. The van der Waals surface area contributed by atoms with E-state index in [0.29, 0.717) is 10.7 Å². The van der Waals surface area contributed by atoms with Gasteiger partial charge in [0.05, 0.1) is 0 Å². The van der Waals surface area contributed by atoms with Crippen LogP contribution in [0.1, 0.15) is 26.4 Å². The monoisotopic (exact) mass is 386 g/mol. The number of hydrogen-bond donors (Lipinski definition) is 1. The molecule has 1 heterocycles. The van der Waals surface area contributed by atoms with Gasteiger partial charge in [-0.2, -0.15) is 0 Å². The third kappa shape index (κ3) is 4.06. The van der Waals surface area contributed by atoms with Crippen molar-refractivity contribution in [2.45, 2.75) is 13.3 Å². The molecule has 116 valence electrons. The lowest BCUT2D eigenvalue weighted by molar-refractivity contribution is 0.102. The van der Waals surface area contributed by atoms with Gasteiger partial charge in [-0.1, -0.05) is 46.3 Å². The number of nitrogens with zero attached hydrogens (tertiary/aromatic N) is 1. The van der Waals surface area contributed by atoms with Crippen molar-refractivity contribution in [3.05, 3.63) is 80.8 Å². The van der Waals surface area contributed by atoms with Crippen LogP contribution in [0.15, 0.2) is 59.2 Å². The lowest BCUT2D eigenvalue weighted by Gasteiger charge is -2.04. The van der Waals surface area contributed by atoms with Crippen LogP contribution in [-0.4, -0.2) is 10.9 Å². The van der Waals surface area contributed by atoms with E-state index in [4.69, 9.17) is 0 Å². The molecule has 5 heteroatoms. The van der Waals surface area contributed by atoms with Crippen LogP contribution >= 0.6 is 27.3 Å². The maximum Gasteiger partial charge on any atom is 0.257 e. The van der Waals surface area contributed by atoms with Crippen LogP contribution in [0, 0.1) is 6.92 Å². The highest BCUT2D eigenvalue weighted by Crippen LogP contribution is 2.23. The van der Waals surface area contributed by atoms with Gasteiger partial charge in [-0.05, 0) is 36.2 Å². The first-order chi connectivity index (χ1) is 11.1. The summed E-state index contributed by atoms with van der Waals surface area (Å²) in [6, 6.07) is 15.7. The Morgan fingerprint density at radius 2 is 1.91 bits per heavy atom. The summed E-state index contributed by atoms with van der Waals surface area (Å²) in [5, 5.41) is 3.51. The predicted molar refractivity (Wildman–Crippen MR) is 98.2 cm³/mol. The Hall–Kier alpha value is -1.98. The number of aromatic nitrogens is 1. The van der Waals surface area contributed by atoms with E-state index in [2.05, 4.69) is 38.4 Å². The van der Waals surface area contributed by atoms with Gasteiger partial charge in [0.2, 0.25) is 0 Å². The second kappa shape index (κ2) is 7.06. The van der Waals surface area contributed by atoms with Gasteiger partial charge in [0.25, 0.3) is 5.91 Å². The van der Waals surface area contributed by atoms with E-state index < -0.39 is 0 Å². The van der Waals surface area contributed by atoms with Gasteiger partial charge in [-0.15, -0.1) is 11.3 Å². The first kappa shape index (κ1) is 15.9. The van der Waals surface area contributed by atoms with Crippen LogP contribution in [-0.2, 0) is 6.42 Å². The summed E-state index contributed by atoms with van der Waals surface area (Å²) in [4.78, 5) is 17.7. The number of thiazole rings is 1. The van der Waals surface area contributed by atoms with E-state index in [1.807, 2.05) is 49.5 Å². The van der Waals surface area contributed by atoms with Crippen molar-refractivity contribution in [1.82, 2.24) is 4.98 Å². The molecule has 3 nitrogen and oxygen atoms in total. The molecule has 0 aliphatic rings. The summed E-state index contributed by atoms with van der Waals surface area (Å²) in [5.41, 5.74) is 2.85. The van der Waals surface area contributed by atoms with E-state index in [-0.39, 0.29) is 5.91 Å². The molecule has 0 radical (unpaired) electrons. The first-order valence-electron chi connectivity index (χ1n) is 7.18. The Kier molecular flexibility index (Phi) is 4.88. The smallest absolute Gasteiger partial charge is 0.257 e. The highest BCUT2D eigenvalue weighted by atomic mass is 79.9. The van der Waals surface area contributed by atoms with Gasteiger partial charge in [-0.25, -0.2) is 4.98 Å². The zero-order chi connectivity index (χ0) is 16.2. The van der Waals surface area contributed by atoms with Crippen LogP contribution in [0.5, 0.6) is 0 Å². The molecule has 1 amide bonds. The molecule has 0 aliphatic heterocycles. The number of carbonyl (C=O) groups is 1. The Balaban J connectivity index is 1.69. The number of amides is 1. The van der Waals surface area contributed by atoms with Crippen molar-refractivity contribution in [2.75, 3.05) is 5.32 Å². The summed E-state index contributed by atoms with van der Waals surface area (Å²) in [6.45, 7) is 1.93. The predicted octanol–water partition coefficient (Wildman–Crippen LogP) is 5.06. The Morgan fingerprint density at radius 3 is 2.65 bits per heavy atom. The zero-order valence-corrected chi connectivity index (χ0v) is 14.9. The fourth-order valence-corrected chi connectivity index (χ4v) is 3.35. The molecule has 3 rings (SSSR count). The molecule has 0 unspecified atom stereocenters. The maximum atomic E-state index is 12.3. The van der Waals surface area contributed by atoms with Crippen LogP contribution in [0.3, 0.4) is 0 Å². The van der Waals surface area contributed by atoms with Gasteiger partial charge in [0, 0.05) is 27.5 Å². The zero-order valence-electron chi connectivity index (χ0n) is 12.5. The number of hydrogen-bond acceptors (Lipinski definition) is 3. The van der Waals surface area contributed by atoms with Crippen LogP contribution in [0.25, 0.3) is 0 Å². The molecule has 0 aliphatic carbocycles.